The van der Waals surface area contributed by atoms with Crippen LogP contribution in [0.25, 0.3) is 0 Å². The van der Waals surface area contributed by atoms with Crippen molar-refractivity contribution in [3.05, 3.63) is 46.6 Å². The number of benzene rings is 1. The van der Waals surface area contributed by atoms with Crippen LogP contribution in [0.15, 0.2) is 29.4 Å². The van der Waals surface area contributed by atoms with Gasteiger partial charge >= 0.3 is 0 Å². The van der Waals surface area contributed by atoms with E-state index in [4.69, 9.17) is 18.9 Å². The normalized spacial score (nSPS) is 10.5. The number of rotatable bonds is 10. The molecule has 1 heterocycles. The van der Waals surface area contributed by atoms with Crippen molar-refractivity contribution in [2.24, 2.45) is 5.10 Å². The third kappa shape index (κ3) is 6.18. The van der Waals surface area contributed by atoms with Crippen LogP contribution in [0.2, 0.25) is 0 Å². The van der Waals surface area contributed by atoms with Gasteiger partial charge in [0.05, 0.1) is 26.5 Å². The standard InChI is InChI=1S/C21H24N4O5/c1-5-29-18-7-6-15(9-19(18)28-4)11-23-25-20(26)13-30-21-17(10-22)16(12-27-3)8-14(2)24-21/h6-9,11H,5,12-13H2,1-4H3,(H,25,26)/b23-11-. The second-order valence-corrected chi connectivity index (χ2v) is 6.07. The summed E-state index contributed by atoms with van der Waals surface area (Å²) in [5, 5.41) is 13.3. The Kier molecular flexibility index (Phi) is 8.59. The summed E-state index contributed by atoms with van der Waals surface area (Å²) in [6.07, 6.45) is 1.47. The fraction of sp³-hybridized carbons (Fsp3) is 0.333. The second-order valence-electron chi connectivity index (χ2n) is 6.07. The van der Waals surface area contributed by atoms with Gasteiger partial charge in [0.2, 0.25) is 5.88 Å². The van der Waals surface area contributed by atoms with Crippen LogP contribution in [0.3, 0.4) is 0 Å². The predicted octanol–water partition coefficient (Wildman–Crippen LogP) is 2.34. The number of methoxy groups -OCH3 is 2. The SMILES string of the molecule is CCOc1ccc(/C=N\NC(=O)COc2nc(C)cc(COC)c2C#N)cc1OC. The van der Waals surface area contributed by atoms with Crippen molar-refractivity contribution in [1.29, 1.82) is 5.26 Å². The van der Waals surface area contributed by atoms with Crippen molar-refractivity contribution < 1.29 is 23.7 Å². The molecular formula is C21H24N4O5. The number of nitrogens with one attached hydrogen (secondary N) is 1. The molecule has 0 aliphatic rings. The van der Waals surface area contributed by atoms with E-state index in [1.165, 1.54) is 13.3 Å². The molecule has 0 fully saturated rings. The molecule has 0 saturated carbocycles. The molecule has 0 spiro atoms. The van der Waals surface area contributed by atoms with Gasteiger partial charge in [-0.1, -0.05) is 0 Å². The summed E-state index contributed by atoms with van der Waals surface area (Å²) in [4.78, 5) is 16.2. The lowest BCUT2D eigenvalue weighted by molar-refractivity contribution is -0.123. The number of carbonyl (C=O) groups is 1. The van der Waals surface area contributed by atoms with Gasteiger partial charge in [-0.05, 0) is 43.7 Å². The molecule has 0 radical (unpaired) electrons. The fourth-order valence-electron chi connectivity index (χ4n) is 2.59. The van der Waals surface area contributed by atoms with Gasteiger partial charge < -0.3 is 18.9 Å². The van der Waals surface area contributed by atoms with Crippen LogP contribution in [-0.4, -0.2) is 44.5 Å². The molecule has 30 heavy (non-hydrogen) atoms. The zero-order valence-electron chi connectivity index (χ0n) is 17.4. The molecule has 0 saturated heterocycles. The monoisotopic (exact) mass is 412 g/mol. The molecule has 1 aromatic heterocycles. The highest BCUT2D eigenvalue weighted by Crippen LogP contribution is 2.27. The van der Waals surface area contributed by atoms with Crippen LogP contribution < -0.4 is 19.6 Å². The molecule has 0 bridgehead atoms. The second kappa shape index (κ2) is 11.4. The largest absolute Gasteiger partial charge is 0.493 e. The zero-order valence-corrected chi connectivity index (χ0v) is 17.4. The topological polar surface area (TPSA) is 115 Å². The number of amides is 1. The van der Waals surface area contributed by atoms with Gasteiger partial charge in [0.1, 0.15) is 11.6 Å². The molecule has 0 unspecified atom stereocenters. The maximum absolute atomic E-state index is 12.0. The van der Waals surface area contributed by atoms with Gasteiger partial charge in [-0.25, -0.2) is 10.4 Å². The smallest absolute Gasteiger partial charge is 0.278 e. The molecule has 2 rings (SSSR count). The Labute approximate surface area is 175 Å². The van der Waals surface area contributed by atoms with E-state index < -0.39 is 5.91 Å². The van der Waals surface area contributed by atoms with E-state index in [9.17, 15) is 10.1 Å². The molecular weight excluding hydrogens is 388 g/mol. The van der Waals surface area contributed by atoms with Gasteiger partial charge in [0, 0.05) is 18.4 Å². The Hall–Kier alpha value is -3.64. The number of carbonyl (C=O) groups excluding carboxylic acids is 1. The molecule has 0 atom stereocenters. The molecule has 2 aromatic rings. The first-order valence-corrected chi connectivity index (χ1v) is 9.17. The molecule has 0 aliphatic carbocycles. The number of hydrazone groups is 1. The first-order valence-electron chi connectivity index (χ1n) is 9.17. The maximum atomic E-state index is 12.0. The lowest BCUT2D eigenvalue weighted by Crippen LogP contribution is -2.25. The number of hydrogen-bond acceptors (Lipinski definition) is 8. The van der Waals surface area contributed by atoms with Crippen molar-refractivity contribution in [3.8, 4) is 23.4 Å². The van der Waals surface area contributed by atoms with E-state index in [-0.39, 0.29) is 24.7 Å². The molecule has 9 heteroatoms. The first-order chi connectivity index (χ1) is 14.5. The van der Waals surface area contributed by atoms with Crippen LogP contribution in [0.5, 0.6) is 17.4 Å². The van der Waals surface area contributed by atoms with E-state index in [0.717, 1.165) is 0 Å². The van der Waals surface area contributed by atoms with Crippen molar-refractivity contribution >= 4 is 12.1 Å². The Bertz CT molecular complexity index is 953. The van der Waals surface area contributed by atoms with Gasteiger partial charge in [-0.2, -0.15) is 10.4 Å². The molecule has 1 aromatic carbocycles. The Morgan fingerprint density at radius 2 is 2.07 bits per heavy atom. The average Bonchev–Trinajstić information content (AvgIpc) is 2.73. The lowest BCUT2D eigenvalue weighted by atomic mass is 10.1. The number of pyridine rings is 1. The Morgan fingerprint density at radius 3 is 2.73 bits per heavy atom. The number of ether oxygens (including phenoxy) is 4. The zero-order chi connectivity index (χ0) is 21.9. The third-order valence-electron chi connectivity index (χ3n) is 3.84. The van der Waals surface area contributed by atoms with E-state index in [2.05, 4.69) is 15.5 Å². The maximum Gasteiger partial charge on any atom is 0.278 e. The average molecular weight is 412 g/mol. The van der Waals surface area contributed by atoms with E-state index >= 15 is 0 Å². The quantitative estimate of drug-likeness (QED) is 0.470. The summed E-state index contributed by atoms with van der Waals surface area (Å²) in [6, 6.07) is 9.07. The minimum absolute atomic E-state index is 0.0833. The molecule has 158 valence electrons. The molecule has 9 nitrogen and oxygen atoms in total. The Morgan fingerprint density at radius 1 is 1.27 bits per heavy atom. The fourth-order valence-corrected chi connectivity index (χ4v) is 2.59. The summed E-state index contributed by atoms with van der Waals surface area (Å²) in [5.41, 5.74) is 4.62. The summed E-state index contributed by atoms with van der Waals surface area (Å²) < 4.78 is 21.3. The summed E-state index contributed by atoms with van der Waals surface area (Å²) in [6.45, 7) is 4.07. The molecule has 0 aliphatic heterocycles. The van der Waals surface area contributed by atoms with E-state index in [1.807, 2.05) is 13.0 Å². The van der Waals surface area contributed by atoms with Crippen molar-refractivity contribution in [1.82, 2.24) is 10.4 Å². The first kappa shape index (κ1) is 22.6. The predicted molar refractivity (Wildman–Crippen MR) is 110 cm³/mol. The highest BCUT2D eigenvalue weighted by molar-refractivity contribution is 5.83. The highest BCUT2D eigenvalue weighted by Gasteiger charge is 2.14. The minimum atomic E-state index is -0.496. The lowest BCUT2D eigenvalue weighted by Gasteiger charge is -2.10. The van der Waals surface area contributed by atoms with Crippen LogP contribution in [0, 0.1) is 18.3 Å². The summed E-state index contributed by atoms with van der Waals surface area (Å²) in [5.74, 6) is 0.780. The minimum Gasteiger partial charge on any atom is -0.493 e. The van der Waals surface area contributed by atoms with Crippen molar-refractivity contribution in [3.63, 3.8) is 0 Å². The van der Waals surface area contributed by atoms with Crippen molar-refractivity contribution in [2.75, 3.05) is 27.4 Å². The van der Waals surface area contributed by atoms with E-state index in [0.29, 0.717) is 34.9 Å². The van der Waals surface area contributed by atoms with Crippen LogP contribution in [-0.2, 0) is 16.1 Å². The van der Waals surface area contributed by atoms with Gasteiger partial charge in [0.25, 0.3) is 5.91 Å². The highest BCUT2D eigenvalue weighted by atomic mass is 16.5. The van der Waals surface area contributed by atoms with E-state index in [1.54, 1.807) is 38.3 Å². The third-order valence-corrected chi connectivity index (χ3v) is 3.84. The number of aryl methyl sites for hydroxylation is 1. The number of aromatic nitrogens is 1. The van der Waals surface area contributed by atoms with Gasteiger partial charge in [-0.3, -0.25) is 4.79 Å². The van der Waals surface area contributed by atoms with Gasteiger partial charge in [0.15, 0.2) is 18.1 Å². The van der Waals surface area contributed by atoms with Crippen LogP contribution in [0.4, 0.5) is 0 Å². The Balaban J connectivity index is 1.98. The number of nitriles is 1. The van der Waals surface area contributed by atoms with Gasteiger partial charge in [-0.15, -0.1) is 0 Å². The van der Waals surface area contributed by atoms with Crippen molar-refractivity contribution in [2.45, 2.75) is 20.5 Å². The van der Waals surface area contributed by atoms with Crippen LogP contribution >= 0.6 is 0 Å². The summed E-state index contributed by atoms with van der Waals surface area (Å²) in [7, 11) is 3.08. The molecule has 1 N–H and O–H groups in total. The number of hydrogen-bond donors (Lipinski definition) is 1. The summed E-state index contributed by atoms with van der Waals surface area (Å²) >= 11 is 0. The molecule has 1 amide bonds. The number of nitrogens with zero attached hydrogens (tertiary/aromatic N) is 3. The van der Waals surface area contributed by atoms with Crippen LogP contribution in [0.1, 0.15) is 29.3 Å².